The standard InChI is InChI=1S/C14H28N4O3S.ClH/c1-14(2)12-18(9-10-21-14)22(19,20)17-6-3-13(11-17)16-7-4-15-5-8-16;/h13,15H,3-12H2,1-2H3;1H. The lowest BCUT2D eigenvalue weighted by molar-refractivity contribution is -0.0651. The molecule has 0 amide bonds. The van der Waals surface area contributed by atoms with Gasteiger partial charge in [0.25, 0.3) is 10.2 Å². The van der Waals surface area contributed by atoms with Gasteiger partial charge in [-0.25, -0.2) is 0 Å². The molecule has 0 radical (unpaired) electrons. The van der Waals surface area contributed by atoms with E-state index in [0.717, 1.165) is 32.6 Å². The third kappa shape index (κ3) is 4.36. The Morgan fingerprint density at radius 1 is 1.09 bits per heavy atom. The van der Waals surface area contributed by atoms with Crippen molar-refractivity contribution in [2.45, 2.75) is 31.9 Å². The maximum Gasteiger partial charge on any atom is 0.282 e. The number of morpholine rings is 1. The monoisotopic (exact) mass is 368 g/mol. The molecule has 0 aromatic heterocycles. The Kier molecular flexibility index (Phi) is 6.32. The van der Waals surface area contributed by atoms with Gasteiger partial charge in [0.2, 0.25) is 0 Å². The van der Waals surface area contributed by atoms with Gasteiger partial charge in [-0.05, 0) is 20.3 Å². The lowest BCUT2D eigenvalue weighted by atomic mass is 10.1. The Balaban J connectivity index is 0.00000192. The van der Waals surface area contributed by atoms with Gasteiger partial charge in [0.1, 0.15) is 0 Å². The fourth-order valence-electron chi connectivity index (χ4n) is 3.60. The average Bonchev–Trinajstić information content (AvgIpc) is 2.98. The largest absolute Gasteiger partial charge is 0.373 e. The molecule has 1 N–H and O–H groups in total. The van der Waals surface area contributed by atoms with E-state index in [9.17, 15) is 8.42 Å². The molecule has 23 heavy (non-hydrogen) atoms. The predicted octanol–water partition coefficient (Wildman–Crippen LogP) is -0.257. The molecule has 0 aromatic rings. The van der Waals surface area contributed by atoms with Crippen molar-refractivity contribution in [3.8, 4) is 0 Å². The molecule has 3 aliphatic rings. The first-order valence-corrected chi connectivity index (χ1v) is 9.62. The third-order valence-electron chi connectivity index (χ3n) is 4.84. The van der Waals surface area contributed by atoms with Gasteiger partial charge in [-0.3, -0.25) is 4.90 Å². The molecule has 0 saturated carbocycles. The van der Waals surface area contributed by atoms with Crippen LogP contribution in [0, 0.1) is 0 Å². The Morgan fingerprint density at radius 3 is 2.43 bits per heavy atom. The van der Waals surface area contributed by atoms with E-state index in [1.165, 1.54) is 0 Å². The molecule has 0 aromatic carbocycles. The van der Waals surface area contributed by atoms with Crippen molar-refractivity contribution in [1.82, 2.24) is 18.8 Å². The van der Waals surface area contributed by atoms with E-state index in [1.807, 2.05) is 13.8 Å². The molecule has 3 rings (SSSR count). The lowest BCUT2D eigenvalue weighted by Gasteiger charge is -2.39. The summed E-state index contributed by atoms with van der Waals surface area (Å²) >= 11 is 0. The zero-order chi connectivity index (χ0) is 15.8. The highest BCUT2D eigenvalue weighted by Gasteiger charge is 2.41. The van der Waals surface area contributed by atoms with Gasteiger partial charge in [-0.15, -0.1) is 12.4 Å². The van der Waals surface area contributed by atoms with Crippen LogP contribution in [-0.4, -0.2) is 92.5 Å². The van der Waals surface area contributed by atoms with Crippen LogP contribution in [0.1, 0.15) is 20.3 Å². The summed E-state index contributed by atoms with van der Waals surface area (Å²) < 4.78 is 34.6. The minimum Gasteiger partial charge on any atom is -0.373 e. The van der Waals surface area contributed by atoms with E-state index in [1.54, 1.807) is 8.61 Å². The van der Waals surface area contributed by atoms with Crippen LogP contribution >= 0.6 is 12.4 Å². The molecule has 3 saturated heterocycles. The number of halogens is 1. The Bertz CT molecular complexity index is 496. The summed E-state index contributed by atoms with van der Waals surface area (Å²) in [4.78, 5) is 2.43. The summed E-state index contributed by atoms with van der Waals surface area (Å²) in [6, 6.07) is 0.367. The van der Waals surface area contributed by atoms with E-state index >= 15 is 0 Å². The average molecular weight is 369 g/mol. The minimum atomic E-state index is -3.36. The molecule has 0 spiro atoms. The van der Waals surface area contributed by atoms with Crippen molar-refractivity contribution in [2.24, 2.45) is 0 Å². The van der Waals surface area contributed by atoms with Gasteiger partial charge in [-0.1, -0.05) is 0 Å². The van der Waals surface area contributed by atoms with Crippen LogP contribution in [0.25, 0.3) is 0 Å². The normalized spacial score (nSPS) is 31.0. The molecule has 3 heterocycles. The van der Waals surface area contributed by atoms with Crippen molar-refractivity contribution < 1.29 is 13.2 Å². The first-order chi connectivity index (χ1) is 10.4. The van der Waals surface area contributed by atoms with Crippen LogP contribution in [0.3, 0.4) is 0 Å². The first kappa shape index (κ1) is 19.4. The van der Waals surface area contributed by atoms with Crippen LogP contribution in [-0.2, 0) is 14.9 Å². The SMILES string of the molecule is CC1(C)CN(S(=O)(=O)N2CCC(N3CCNCC3)C2)CCO1.Cl. The molecule has 0 aliphatic carbocycles. The second-order valence-corrected chi connectivity index (χ2v) is 8.96. The number of piperazine rings is 1. The second-order valence-electron chi connectivity index (χ2n) is 7.04. The summed E-state index contributed by atoms with van der Waals surface area (Å²) in [5.41, 5.74) is -0.400. The number of nitrogens with zero attached hydrogens (tertiary/aromatic N) is 3. The Labute approximate surface area is 145 Å². The number of hydrogen-bond donors (Lipinski definition) is 1. The van der Waals surface area contributed by atoms with Gasteiger partial charge in [0.05, 0.1) is 12.2 Å². The van der Waals surface area contributed by atoms with E-state index in [-0.39, 0.29) is 12.4 Å². The number of hydrogen-bond acceptors (Lipinski definition) is 5. The molecule has 3 fully saturated rings. The molecular weight excluding hydrogens is 340 g/mol. The highest BCUT2D eigenvalue weighted by molar-refractivity contribution is 7.86. The van der Waals surface area contributed by atoms with Crippen molar-refractivity contribution >= 4 is 22.6 Å². The summed E-state index contributed by atoms with van der Waals surface area (Å²) in [5.74, 6) is 0. The number of rotatable bonds is 3. The fourth-order valence-corrected chi connectivity index (χ4v) is 5.40. The molecule has 1 unspecified atom stereocenters. The topological polar surface area (TPSA) is 65.1 Å². The van der Waals surface area contributed by atoms with Crippen molar-refractivity contribution in [2.75, 3.05) is 59.0 Å². The van der Waals surface area contributed by atoms with Gasteiger partial charge >= 0.3 is 0 Å². The predicted molar refractivity (Wildman–Crippen MR) is 92.2 cm³/mol. The molecule has 1 atom stereocenters. The highest BCUT2D eigenvalue weighted by Crippen LogP contribution is 2.25. The summed E-state index contributed by atoms with van der Waals surface area (Å²) in [6.07, 6.45) is 0.937. The van der Waals surface area contributed by atoms with Gasteiger partial charge in [0, 0.05) is 58.4 Å². The van der Waals surface area contributed by atoms with E-state index in [2.05, 4.69) is 10.2 Å². The summed E-state index contributed by atoms with van der Waals surface area (Å²) in [5, 5.41) is 3.34. The smallest absolute Gasteiger partial charge is 0.282 e. The molecule has 9 heteroatoms. The fraction of sp³-hybridized carbons (Fsp3) is 1.00. The van der Waals surface area contributed by atoms with E-state index < -0.39 is 15.8 Å². The van der Waals surface area contributed by atoms with Crippen LogP contribution in [0.5, 0.6) is 0 Å². The van der Waals surface area contributed by atoms with Gasteiger partial charge in [-0.2, -0.15) is 17.0 Å². The number of nitrogens with one attached hydrogen (secondary N) is 1. The van der Waals surface area contributed by atoms with Crippen LogP contribution in [0.2, 0.25) is 0 Å². The van der Waals surface area contributed by atoms with Crippen molar-refractivity contribution in [1.29, 1.82) is 0 Å². The zero-order valence-corrected chi connectivity index (χ0v) is 15.7. The highest BCUT2D eigenvalue weighted by atomic mass is 35.5. The van der Waals surface area contributed by atoms with Crippen LogP contribution in [0.15, 0.2) is 0 Å². The number of ether oxygens (including phenoxy) is 1. The quantitative estimate of drug-likeness (QED) is 0.743. The third-order valence-corrected chi connectivity index (χ3v) is 6.79. The summed E-state index contributed by atoms with van der Waals surface area (Å²) in [7, 11) is -3.36. The van der Waals surface area contributed by atoms with Crippen LogP contribution < -0.4 is 5.32 Å². The van der Waals surface area contributed by atoms with Crippen LogP contribution in [0.4, 0.5) is 0 Å². The van der Waals surface area contributed by atoms with E-state index in [0.29, 0.717) is 38.8 Å². The molecule has 136 valence electrons. The molecule has 7 nitrogen and oxygen atoms in total. The van der Waals surface area contributed by atoms with Crippen molar-refractivity contribution in [3.63, 3.8) is 0 Å². The van der Waals surface area contributed by atoms with E-state index in [4.69, 9.17) is 4.74 Å². The zero-order valence-electron chi connectivity index (χ0n) is 14.0. The minimum absolute atomic E-state index is 0. The second kappa shape index (κ2) is 7.51. The van der Waals surface area contributed by atoms with Gasteiger partial charge in [0.15, 0.2) is 0 Å². The van der Waals surface area contributed by atoms with Crippen molar-refractivity contribution in [3.05, 3.63) is 0 Å². The van der Waals surface area contributed by atoms with Gasteiger partial charge < -0.3 is 10.1 Å². The maximum absolute atomic E-state index is 12.9. The first-order valence-electron chi connectivity index (χ1n) is 8.22. The Hall–Kier alpha value is 0.0400. The molecular formula is C14H29ClN4O3S. The maximum atomic E-state index is 12.9. The molecule has 3 aliphatic heterocycles. The molecule has 0 bridgehead atoms. The lowest BCUT2D eigenvalue weighted by Crippen LogP contribution is -2.55. The summed E-state index contributed by atoms with van der Waals surface area (Å²) in [6.45, 7) is 10.6. The Morgan fingerprint density at radius 2 is 1.78 bits per heavy atom.